The molecule has 1 heterocycles. The highest BCUT2D eigenvalue weighted by atomic mass is 79.9. The van der Waals surface area contributed by atoms with Crippen LogP contribution in [0, 0.1) is 0 Å². The van der Waals surface area contributed by atoms with Gasteiger partial charge in [-0.25, -0.2) is 8.42 Å². The molecular formula is C12H9BrClNO4S2. The Morgan fingerprint density at radius 3 is 2.62 bits per heavy atom. The number of aliphatic carboxylic acids is 1. The van der Waals surface area contributed by atoms with E-state index in [0.717, 1.165) is 11.3 Å². The first-order valence-corrected chi connectivity index (χ1v) is 9.08. The van der Waals surface area contributed by atoms with Gasteiger partial charge in [-0.3, -0.25) is 4.79 Å². The zero-order valence-electron chi connectivity index (χ0n) is 10.3. The highest BCUT2D eigenvalue weighted by molar-refractivity contribution is 9.10. The van der Waals surface area contributed by atoms with Crippen molar-refractivity contribution in [2.24, 2.45) is 0 Å². The molecule has 0 saturated heterocycles. The zero-order chi connectivity index (χ0) is 15.6. The molecular weight excluding hydrogens is 402 g/mol. The van der Waals surface area contributed by atoms with Crippen LogP contribution in [0.25, 0.3) is 0 Å². The third-order valence-electron chi connectivity index (χ3n) is 2.55. The zero-order valence-corrected chi connectivity index (χ0v) is 14.3. The number of nitrogens with one attached hydrogen (secondary N) is 1. The summed E-state index contributed by atoms with van der Waals surface area (Å²) >= 11 is 10.1. The smallest absolute Gasteiger partial charge is 0.327 e. The van der Waals surface area contributed by atoms with Crippen LogP contribution in [0.3, 0.4) is 0 Å². The Bertz CT molecular complexity index is 762. The Morgan fingerprint density at radius 2 is 2.10 bits per heavy atom. The fourth-order valence-electron chi connectivity index (χ4n) is 1.55. The van der Waals surface area contributed by atoms with Crippen molar-refractivity contribution in [3.8, 4) is 0 Å². The minimum Gasteiger partial charge on any atom is -0.480 e. The maximum atomic E-state index is 12.3. The highest BCUT2D eigenvalue weighted by Gasteiger charge is 2.27. The maximum absolute atomic E-state index is 12.3. The van der Waals surface area contributed by atoms with Gasteiger partial charge >= 0.3 is 5.97 Å². The van der Waals surface area contributed by atoms with Crippen molar-refractivity contribution in [2.75, 3.05) is 0 Å². The Hall–Kier alpha value is -0.930. The number of hydrogen-bond donors (Lipinski definition) is 2. The van der Waals surface area contributed by atoms with Crippen LogP contribution >= 0.6 is 38.9 Å². The molecule has 9 heteroatoms. The van der Waals surface area contributed by atoms with Crippen LogP contribution in [0.5, 0.6) is 0 Å². The van der Waals surface area contributed by atoms with Gasteiger partial charge in [0.2, 0.25) is 10.0 Å². The van der Waals surface area contributed by atoms with E-state index in [1.165, 1.54) is 18.2 Å². The van der Waals surface area contributed by atoms with E-state index in [1.54, 1.807) is 17.5 Å². The van der Waals surface area contributed by atoms with Crippen molar-refractivity contribution in [3.05, 3.63) is 50.1 Å². The van der Waals surface area contributed by atoms with Crippen LogP contribution in [0.4, 0.5) is 0 Å². The molecule has 112 valence electrons. The SMILES string of the molecule is O=C(O)C(NS(=O)(=O)c1ccc(Cl)c(Br)c1)c1cccs1. The first-order chi connectivity index (χ1) is 9.81. The van der Waals surface area contributed by atoms with Crippen LogP contribution in [-0.4, -0.2) is 19.5 Å². The minimum absolute atomic E-state index is 0.0680. The van der Waals surface area contributed by atoms with Crippen LogP contribution in [0.1, 0.15) is 10.9 Å². The third-order valence-corrected chi connectivity index (χ3v) is 6.12. The molecule has 0 fully saturated rings. The van der Waals surface area contributed by atoms with E-state index in [1.807, 2.05) is 0 Å². The van der Waals surface area contributed by atoms with Crippen molar-refractivity contribution >= 4 is 54.9 Å². The topological polar surface area (TPSA) is 83.5 Å². The van der Waals surface area contributed by atoms with E-state index in [0.29, 0.717) is 14.4 Å². The molecule has 21 heavy (non-hydrogen) atoms. The fraction of sp³-hybridized carbons (Fsp3) is 0.0833. The molecule has 0 bridgehead atoms. The Labute approximate surface area is 138 Å². The largest absolute Gasteiger partial charge is 0.480 e. The number of benzene rings is 1. The van der Waals surface area contributed by atoms with E-state index >= 15 is 0 Å². The Morgan fingerprint density at radius 1 is 1.38 bits per heavy atom. The number of carboxylic acids is 1. The predicted molar refractivity (Wildman–Crippen MR) is 84.2 cm³/mol. The molecule has 0 aliphatic carbocycles. The molecule has 2 rings (SSSR count). The molecule has 0 saturated carbocycles. The second-order valence-corrected chi connectivity index (χ2v) is 7.94. The lowest BCUT2D eigenvalue weighted by molar-refractivity contribution is -0.139. The van der Waals surface area contributed by atoms with Gasteiger partial charge in [-0.2, -0.15) is 4.72 Å². The van der Waals surface area contributed by atoms with Crippen molar-refractivity contribution in [1.82, 2.24) is 4.72 Å². The van der Waals surface area contributed by atoms with Crippen molar-refractivity contribution in [1.29, 1.82) is 0 Å². The van der Waals surface area contributed by atoms with Crippen LogP contribution in [-0.2, 0) is 14.8 Å². The third kappa shape index (κ3) is 3.83. The van der Waals surface area contributed by atoms with Crippen molar-refractivity contribution in [2.45, 2.75) is 10.9 Å². The summed E-state index contributed by atoms with van der Waals surface area (Å²) in [6, 6.07) is 5.93. The summed E-state index contributed by atoms with van der Waals surface area (Å²) in [5.41, 5.74) is 0. The van der Waals surface area contributed by atoms with Gasteiger partial charge in [0.25, 0.3) is 0 Å². The fourth-order valence-corrected chi connectivity index (χ4v) is 4.24. The van der Waals surface area contributed by atoms with Gasteiger partial charge in [0.1, 0.15) is 0 Å². The molecule has 0 radical (unpaired) electrons. The second kappa shape index (κ2) is 6.45. The summed E-state index contributed by atoms with van der Waals surface area (Å²) in [6.07, 6.45) is 0. The highest BCUT2D eigenvalue weighted by Crippen LogP contribution is 2.27. The molecule has 2 N–H and O–H groups in total. The van der Waals surface area contributed by atoms with Gasteiger partial charge in [-0.05, 0) is 45.6 Å². The van der Waals surface area contributed by atoms with E-state index in [-0.39, 0.29) is 4.90 Å². The lowest BCUT2D eigenvalue weighted by Gasteiger charge is -2.13. The van der Waals surface area contributed by atoms with E-state index in [4.69, 9.17) is 11.6 Å². The first-order valence-electron chi connectivity index (χ1n) is 5.55. The number of thiophene rings is 1. The number of hydrogen-bond acceptors (Lipinski definition) is 4. The Kier molecular flexibility index (Phi) is 5.05. The van der Waals surface area contributed by atoms with Gasteiger partial charge in [0.05, 0.1) is 9.92 Å². The van der Waals surface area contributed by atoms with Crippen LogP contribution in [0.2, 0.25) is 5.02 Å². The predicted octanol–water partition coefficient (Wildman–Crippen LogP) is 3.27. The van der Waals surface area contributed by atoms with Crippen molar-refractivity contribution < 1.29 is 18.3 Å². The van der Waals surface area contributed by atoms with Crippen LogP contribution < -0.4 is 4.72 Å². The second-order valence-electron chi connectivity index (χ2n) is 3.98. The van der Waals surface area contributed by atoms with Gasteiger partial charge < -0.3 is 5.11 Å². The number of sulfonamides is 1. The molecule has 2 aromatic rings. The van der Waals surface area contributed by atoms with Gasteiger partial charge in [-0.15, -0.1) is 11.3 Å². The number of halogens is 2. The molecule has 0 amide bonds. The first kappa shape index (κ1) is 16.4. The van der Waals surface area contributed by atoms with Gasteiger partial charge in [0.15, 0.2) is 6.04 Å². The average molecular weight is 411 g/mol. The summed E-state index contributed by atoms with van der Waals surface area (Å²) in [6.45, 7) is 0. The maximum Gasteiger partial charge on any atom is 0.327 e. The molecule has 0 aliphatic rings. The molecule has 1 unspecified atom stereocenters. The average Bonchev–Trinajstić information content (AvgIpc) is 2.92. The summed E-state index contributed by atoms with van der Waals surface area (Å²) in [5.74, 6) is -1.27. The van der Waals surface area contributed by atoms with E-state index < -0.39 is 22.0 Å². The molecule has 0 aliphatic heterocycles. The molecule has 1 aromatic carbocycles. The standard InChI is InChI=1S/C12H9BrClNO4S2/c13-8-6-7(3-4-9(8)14)21(18,19)15-11(12(16)17)10-2-1-5-20-10/h1-6,11,15H,(H,16,17). The summed E-state index contributed by atoms with van der Waals surface area (Å²) in [7, 11) is -3.98. The number of rotatable bonds is 5. The van der Waals surface area contributed by atoms with E-state index in [2.05, 4.69) is 20.7 Å². The van der Waals surface area contributed by atoms with Crippen LogP contribution in [0.15, 0.2) is 45.1 Å². The van der Waals surface area contributed by atoms with E-state index in [9.17, 15) is 18.3 Å². The number of carboxylic acid groups (broad SMARTS) is 1. The molecule has 0 spiro atoms. The van der Waals surface area contributed by atoms with Gasteiger partial charge in [0, 0.05) is 9.35 Å². The lowest BCUT2D eigenvalue weighted by Crippen LogP contribution is -2.33. The quantitative estimate of drug-likeness (QED) is 0.792. The summed E-state index contributed by atoms with van der Waals surface area (Å²) in [4.78, 5) is 11.6. The molecule has 1 aromatic heterocycles. The minimum atomic E-state index is -3.98. The Balaban J connectivity index is 2.35. The van der Waals surface area contributed by atoms with Crippen molar-refractivity contribution in [3.63, 3.8) is 0 Å². The van der Waals surface area contributed by atoms with Gasteiger partial charge in [-0.1, -0.05) is 17.7 Å². The summed E-state index contributed by atoms with van der Waals surface area (Å²) in [5, 5.41) is 11.2. The monoisotopic (exact) mass is 409 g/mol. The summed E-state index contributed by atoms with van der Waals surface area (Å²) < 4.78 is 27.1. The normalized spacial score (nSPS) is 13.0. The lowest BCUT2D eigenvalue weighted by atomic mass is 10.3. The molecule has 1 atom stereocenters. The number of carbonyl (C=O) groups is 1. The molecule has 5 nitrogen and oxygen atoms in total.